The van der Waals surface area contributed by atoms with Crippen molar-refractivity contribution in [2.24, 2.45) is 0 Å². The van der Waals surface area contributed by atoms with Crippen LogP contribution in [0.25, 0.3) is 16.9 Å². The first-order chi connectivity index (χ1) is 16.5. The first-order valence-electron chi connectivity index (χ1n) is 11.9. The number of anilines is 2. The smallest absolute Gasteiger partial charge is 0.296 e. The molecule has 1 saturated carbocycles. The van der Waals surface area contributed by atoms with Crippen molar-refractivity contribution in [1.82, 2.24) is 24.8 Å². The molecule has 2 aliphatic rings. The first-order valence-corrected chi connectivity index (χ1v) is 11.9. The van der Waals surface area contributed by atoms with Crippen molar-refractivity contribution in [2.75, 3.05) is 43.6 Å². The van der Waals surface area contributed by atoms with Crippen LogP contribution in [0, 0.1) is 6.92 Å². The van der Waals surface area contributed by atoms with E-state index in [1.54, 1.807) is 12.1 Å². The number of hydrogen-bond acceptors (Lipinski definition) is 7. The van der Waals surface area contributed by atoms with Crippen LogP contribution in [0.4, 0.5) is 20.5 Å². The van der Waals surface area contributed by atoms with Crippen LogP contribution < -0.4 is 15.5 Å². The second kappa shape index (κ2) is 9.79. The largest absolute Gasteiger partial charge is 0.378 e. The van der Waals surface area contributed by atoms with E-state index in [4.69, 9.17) is 14.7 Å². The fraction of sp³-hybridized carbons (Fsp3) is 0.542. The number of ether oxygens (including phenoxy) is 1. The molecule has 2 N–H and O–H groups in total. The van der Waals surface area contributed by atoms with Crippen LogP contribution in [0.15, 0.2) is 24.3 Å². The Morgan fingerprint density at radius 3 is 2.38 bits per heavy atom. The van der Waals surface area contributed by atoms with Gasteiger partial charge < -0.3 is 20.3 Å². The zero-order chi connectivity index (χ0) is 23.7. The fourth-order valence-electron chi connectivity index (χ4n) is 4.86. The van der Waals surface area contributed by atoms with Gasteiger partial charge in [-0.15, -0.1) is 0 Å². The lowest BCUT2D eigenvalue weighted by atomic mass is 9.91. The average Bonchev–Trinajstić information content (AvgIpc) is 3.24. The number of aryl methyl sites for hydroxylation is 1. The van der Waals surface area contributed by atoms with Crippen LogP contribution in [0.1, 0.15) is 43.5 Å². The molecule has 0 bridgehead atoms. The van der Waals surface area contributed by atoms with Gasteiger partial charge in [0.25, 0.3) is 6.43 Å². The molecule has 10 heteroatoms. The Bertz CT molecular complexity index is 1140. The van der Waals surface area contributed by atoms with E-state index in [0.29, 0.717) is 61.0 Å². The highest BCUT2D eigenvalue weighted by Crippen LogP contribution is 2.30. The Kier molecular flexibility index (Phi) is 6.60. The first kappa shape index (κ1) is 22.9. The normalized spacial score (nSPS) is 21.4. The topological polar surface area (TPSA) is 80.1 Å². The number of hydrogen-bond donors (Lipinski definition) is 2. The van der Waals surface area contributed by atoms with Gasteiger partial charge in [-0.1, -0.05) is 6.07 Å². The molecule has 34 heavy (non-hydrogen) atoms. The third-order valence-electron chi connectivity index (χ3n) is 6.76. The van der Waals surface area contributed by atoms with Crippen LogP contribution in [-0.4, -0.2) is 65.0 Å². The Morgan fingerprint density at radius 1 is 0.971 bits per heavy atom. The number of halogens is 2. The van der Waals surface area contributed by atoms with Gasteiger partial charge in [0, 0.05) is 31.2 Å². The molecule has 0 atom stereocenters. The van der Waals surface area contributed by atoms with Gasteiger partial charge in [0.05, 0.1) is 24.2 Å². The number of imidazole rings is 1. The number of benzene rings is 1. The van der Waals surface area contributed by atoms with Gasteiger partial charge in [0.2, 0.25) is 5.95 Å². The lowest BCUT2D eigenvalue weighted by Gasteiger charge is -2.30. The summed E-state index contributed by atoms with van der Waals surface area (Å²) in [7, 11) is 2.00. The summed E-state index contributed by atoms with van der Waals surface area (Å²) < 4.78 is 35.1. The molecule has 0 amide bonds. The van der Waals surface area contributed by atoms with Crippen molar-refractivity contribution in [2.45, 2.75) is 51.1 Å². The summed E-state index contributed by atoms with van der Waals surface area (Å²) in [6, 6.07) is 8.08. The zero-order valence-corrected chi connectivity index (χ0v) is 19.6. The lowest BCUT2D eigenvalue weighted by molar-refractivity contribution is 0.122. The summed E-state index contributed by atoms with van der Waals surface area (Å²) >= 11 is 0. The molecule has 0 spiro atoms. The average molecular weight is 472 g/mol. The number of aromatic nitrogens is 4. The number of rotatable bonds is 6. The number of fused-ring (bicyclic) bond motifs is 1. The summed E-state index contributed by atoms with van der Waals surface area (Å²) in [5, 5.41) is 6.83. The predicted molar refractivity (Wildman–Crippen MR) is 128 cm³/mol. The standard InChI is InChI=1S/C24H31F2N7O/c1-15-3-8-18-19(13-15)33(23(29-18)22(25)26)21-14-20(32-9-11-34-12-10-32)30-24(31-21)28-17-6-4-16(27-2)5-7-17/h3,8,13-14,16-17,22,27H,4-7,9-12H2,1-2H3,(H,28,30,31)/t16-,17-. The molecule has 182 valence electrons. The second-order valence-electron chi connectivity index (χ2n) is 9.09. The molecule has 1 aliphatic heterocycles. The Morgan fingerprint density at radius 2 is 1.68 bits per heavy atom. The minimum atomic E-state index is -2.73. The molecule has 0 radical (unpaired) electrons. The highest BCUT2D eigenvalue weighted by Gasteiger charge is 2.25. The van der Waals surface area contributed by atoms with E-state index >= 15 is 0 Å². The molecule has 1 aliphatic carbocycles. The van der Waals surface area contributed by atoms with Crippen LogP contribution in [0.5, 0.6) is 0 Å². The van der Waals surface area contributed by atoms with Crippen molar-refractivity contribution < 1.29 is 13.5 Å². The maximum atomic E-state index is 14.1. The van der Waals surface area contributed by atoms with Gasteiger partial charge in [-0.05, 0) is 57.4 Å². The van der Waals surface area contributed by atoms with Crippen molar-refractivity contribution in [3.8, 4) is 5.82 Å². The van der Waals surface area contributed by atoms with Crippen LogP contribution in [0.2, 0.25) is 0 Å². The third-order valence-corrected chi connectivity index (χ3v) is 6.76. The summed E-state index contributed by atoms with van der Waals surface area (Å²) in [5.74, 6) is 1.25. The van der Waals surface area contributed by atoms with Crippen molar-refractivity contribution >= 4 is 22.8 Å². The van der Waals surface area contributed by atoms with Crippen LogP contribution in [0.3, 0.4) is 0 Å². The maximum absolute atomic E-state index is 14.1. The Balaban J connectivity index is 1.57. The molecular formula is C24H31F2N7O. The van der Waals surface area contributed by atoms with E-state index in [2.05, 4.69) is 20.5 Å². The van der Waals surface area contributed by atoms with E-state index in [0.717, 1.165) is 31.2 Å². The molecular weight excluding hydrogens is 440 g/mol. The number of nitrogens with zero attached hydrogens (tertiary/aromatic N) is 5. The molecule has 0 unspecified atom stereocenters. The third kappa shape index (κ3) is 4.69. The van der Waals surface area contributed by atoms with Gasteiger partial charge >= 0.3 is 0 Å². The van der Waals surface area contributed by atoms with Gasteiger partial charge in [0.15, 0.2) is 5.82 Å². The summed E-state index contributed by atoms with van der Waals surface area (Å²) in [4.78, 5) is 15.8. The number of nitrogens with one attached hydrogen (secondary N) is 2. The number of morpholine rings is 1. The Labute approximate surface area is 197 Å². The van der Waals surface area contributed by atoms with Gasteiger partial charge in [-0.2, -0.15) is 9.97 Å². The predicted octanol–water partition coefficient (Wildman–Crippen LogP) is 3.84. The minimum absolute atomic E-state index is 0.244. The van der Waals surface area contributed by atoms with Crippen LogP contribution in [-0.2, 0) is 4.74 Å². The highest BCUT2D eigenvalue weighted by atomic mass is 19.3. The van der Waals surface area contributed by atoms with Crippen LogP contribution >= 0.6 is 0 Å². The zero-order valence-electron chi connectivity index (χ0n) is 19.6. The second-order valence-corrected chi connectivity index (χ2v) is 9.09. The lowest BCUT2D eigenvalue weighted by Crippen LogP contribution is -2.37. The fourth-order valence-corrected chi connectivity index (χ4v) is 4.86. The van der Waals surface area contributed by atoms with E-state index in [1.807, 2.05) is 26.1 Å². The van der Waals surface area contributed by atoms with E-state index in [9.17, 15) is 8.78 Å². The summed E-state index contributed by atoms with van der Waals surface area (Å²) in [5.41, 5.74) is 2.10. The Hall–Kier alpha value is -2.85. The minimum Gasteiger partial charge on any atom is -0.378 e. The molecule has 1 saturated heterocycles. The van der Waals surface area contributed by atoms with E-state index in [1.165, 1.54) is 4.57 Å². The maximum Gasteiger partial charge on any atom is 0.296 e. The van der Waals surface area contributed by atoms with Gasteiger partial charge in [0.1, 0.15) is 11.6 Å². The molecule has 8 nitrogen and oxygen atoms in total. The monoisotopic (exact) mass is 471 g/mol. The van der Waals surface area contributed by atoms with E-state index < -0.39 is 6.43 Å². The van der Waals surface area contributed by atoms with Crippen molar-refractivity contribution in [3.63, 3.8) is 0 Å². The quantitative estimate of drug-likeness (QED) is 0.565. The SMILES string of the molecule is CN[C@H]1CC[C@H](Nc2nc(N3CCOCC3)cc(-n3c(C(F)F)nc4ccc(C)cc43)n2)CC1. The molecule has 3 heterocycles. The van der Waals surface area contributed by atoms with E-state index in [-0.39, 0.29) is 11.9 Å². The van der Waals surface area contributed by atoms with Crippen molar-refractivity contribution in [3.05, 3.63) is 35.7 Å². The summed E-state index contributed by atoms with van der Waals surface area (Å²) in [6.07, 6.45) is 1.42. The van der Waals surface area contributed by atoms with Gasteiger partial charge in [-0.25, -0.2) is 13.8 Å². The molecule has 2 fully saturated rings. The number of alkyl halides is 2. The molecule has 3 aromatic rings. The summed E-state index contributed by atoms with van der Waals surface area (Å²) in [6.45, 7) is 4.52. The molecule has 5 rings (SSSR count). The van der Waals surface area contributed by atoms with Gasteiger partial charge in [-0.3, -0.25) is 4.57 Å². The van der Waals surface area contributed by atoms with Crippen molar-refractivity contribution in [1.29, 1.82) is 0 Å². The highest BCUT2D eigenvalue weighted by molar-refractivity contribution is 5.79. The molecule has 1 aromatic carbocycles. The molecule has 2 aromatic heterocycles.